The number of ether oxygens (including phenoxy) is 7. The highest BCUT2D eigenvalue weighted by atomic mass is 16.6. The molecule has 2 fully saturated rings. The molecule has 1 N–H and O–H groups in total. The Morgan fingerprint density at radius 3 is 1.64 bits per heavy atom. The Morgan fingerprint density at radius 2 is 1.19 bits per heavy atom. The minimum atomic E-state index is -0.305. The summed E-state index contributed by atoms with van der Waals surface area (Å²) in [6.07, 6.45) is 4.09. The average molecular weight is 755 g/mol. The van der Waals surface area contributed by atoms with E-state index in [1.807, 2.05) is 25.7 Å². The van der Waals surface area contributed by atoms with Gasteiger partial charge in [-0.05, 0) is 29.6 Å². The van der Waals surface area contributed by atoms with Gasteiger partial charge in [0.05, 0.1) is 118 Å². The van der Waals surface area contributed by atoms with Crippen LogP contribution in [0, 0.1) is 22.7 Å². The lowest BCUT2D eigenvalue weighted by Gasteiger charge is -2.38. The van der Waals surface area contributed by atoms with Crippen LogP contribution in [0.3, 0.4) is 0 Å². The molecule has 0 aromatic carbocycles. The predicted molar refractivity (Wildman–Crippen MR) is 196 cm³/mol. The van der Waals surface area contributed by atoms with Crippen molar-refractivity contribution in [3.8, 4) is 0 Å². The third-order valence-corrected chi connectivity index (χ3v) is 9.42. The Balaban J connectivity index is 1.000. The molecule has 0 spiro atoms. The van der Waals surface area contributed by atoms with Crippen molar-refractivity contribution in [1.29, 1.82) is 0 Å². The molecule has 2 aliphatic rings. The van der Waals surface area contributed by atoms with E-state index in [0.29, 0.717) is 123 Å². The van der Waals surface area contributed by atoms with E-state index in [2.05, 4.69) is 36.4 Å². The number of carbonyl (C=O) groups excluding carboxylic acids is 3. The maximum atomic E-state index is 12.7. The van der Waals surface area contributed by atoms with Crippen molar-refractivity contribution in [1.82, 2.24) is 30.1 Å². The van der Waals surface area contributed by atoms with E-state index in [9.17, 15) is 14.4 Å². The van der Waals surface area contributed by atoms with Crippen LogP contribution in [0.2, 0.25) is 0 Å². The van der Waals surface area contributed by atoms with Crippen LogP contribution in [0.25, 0.3) is 0 Å². The van der Waals surface area contributed by atoms with Gasteiger partial charge in [-0.15, -0.1) is 5.10 Å². The minimum absolute atomic E-state index is 0.00542. The lowest BCUT2D eigenvalue weighted by molar-refractivity contribution is -0.141. The van der Waals surface area contributed by atoms with Gasteiger partial charge in [0.25, 0.3) is 0 Å². The lowest BCUT2D eigenvalue weighted by atomic mass is 9.75. The molecule has 16 heteroatoms. The van der Waals surface area contributed by atoms with Crippen molar-refractivity contribution in [3.63, 3.8) is 0 Å². The van der Waals surface area contributed by atoms with Gasteiger partial charge in [0.15, 0.2) is 0 Å². The van der Waals surface area contributed by atoms with Crippen LogP contribution < -0.4 is 5.32 Å². The Kier molecular flexibility index (Phi) is 20.2. The van der Waals surface area contributed by atoms with Crippen LogP contribution in [0.1, 0.15) is 66.5 Å². The van der Waals surface area contributed by atoms with Crippen molar-refractivity contribution in [2.24, 2.45) is 22.7 Å². The number of nitrogens with one attached hydrogen (secondary N) is 1. The van der Waals surface area contributed by atoms with Crippen molar-refractivity contribution >= 4 is 17.8 Å². The summed E-state index contributed by atoms with van der Waals surface area (Å²) in [5.74, 6) is 0.0546. The summed E-state index contributed by atoms with van der Waals surface area (Å²) in [4.78, 5) is 40.6. The number of likely N-dealkylation sites (tertiary alicyclic amines) is 2. The molecule has 1 aromatic rings. The Bertz CT molecular complexity index is 1200. The van der Waals surface area contributed by atoms with Crippen molar-refractivity contribution in [2.75, 3.05) is 112 Å². The molecular weight excluding hydrogens is 688 g/mol. The van der Waals surface area contributed by atoms with Crippen LogP contribution in [0.15, 0.2) is 6.20 Å². The number of aromatic nitrogens is 3. The molecule has 1 unspecified atom stereocenters. The first-order valence-electron chi connectivity index (χ1n) is 19.2. The molecule has 2 saturated heterocycles. The number of imide groups is 1. The van der Waals surface area contributed by atoms with Gasteiger partial charge in [-0.3, -0.25) is 14.5 Å². The fraction of sp³-hybridized carbons (Fsp3) is 0.865. The van der Waals surface area contributed by atoms with Gasteiger partial charge in [-0.1, -0.05) is 46.8 Å². The van der Waals surface area contributed by atoms with Crippen LogP contribution >= 0.6 is 0 Å². The first-order chi connectivity index (χ1) is 25.4. The van der Waals surface area contributed by atoms with E-state index in [4.69, 9.17) is 33.2 Å². The molecule has 0 saturated carbocycles. The first-order valence-corrected chi connectivity index (χ1v) is 19.2. The lowest BCUT2D eigenvalue weighted by Crippen LogP contribution is -2.46. The van der Waals surface area contributed by atoms with Gasteiger partial charge in [-0.25, -0.2) is 9.48 Å². The van der Waals surface area contributed by atoms with Crippen molar-refractivity contribution in [2.45, 2.75) is 73.9 Å². The number of piperidine rings is 1. The van der Waals surface area contributed by atoms with Gasteiger partial charge in [0, 0.05) is 26.1 Å². The summed E-state index contributed by atoms with van der Waals surface area (Å²) in [6.45, 7) is 22.0. The third-order valence-electron chi connectivity index (χ3n) is 9.42. The van der Waals surface area contributed by atoms with Gasteiger partial charge in [0.2, 0.25) is 11.8 Å². The Hall–Kier alpha value is -2.73. The number of hydrogen-bond donors (Lipinski definition) is 1. The molecule has 3 heterocycles. The third kappa shape index (κ3) is 17.5. The zero-order chi connectivity index (χ0) is 38.5. The van der Waals surface area contributed by atoms with Crippen LogP contribution in [-0.2, 0) is 55.8 Å². The predicted octanol–water partition coefficient (Wildman–Crippen LogP) is 2.78. The molecule has 16 nitrogen and oxygen atoms in total. The SMILES string of the molecule is CC(C)(C)C1CCN(C(=O)NCCOCCOCCOCCOCCOCCOCCOCCn2cc(CN3C(=O)CC(C(C)(C)C)C3=O)nn2)CC1. The number of amides is 4. The molecule has 0 aliphatic carbocycles. The van der Waals surface area contributed by atoms with E-state index in [-0.39, 0.29) is 42.1 Å². The summed E-state index contributed by atoms with van der Waals surface area (Å²) in [5, 5.41) is 11.1. The van der Waals surface area contributed by atoms with Gasteiger partial charge < -0.3 is 43.4 Å². The van der Waals surface area contributed by atoms with E-state index in [1.165, 1.54) is 4.90 Å². The Morgan fingerprint density at radius 1 is 0.717 bits per heavy atom. The smallest absolute Gasteiger partial charge is 0.317 e. The van der Waals surface area contributed by atoms with Crippen LogP contribution in [0.4, 0.5) is 4.79 Å². The van der Waals surface area contributed by atoms with Crippen molar-refractivity contribution in [3.05, 3.63) is 11.9 Å². The summed E-state index contributed by atoms with van der Waals surface area (Å²) in [6, 6.07) is -0.00542. The molecule has 1 aromatic heterocycles. The van der Waals surface area contributed by atoms with E-state index >= 15 is 0 Å². The second kappa shape index (κ2) is 23.9. The van der Waals surface area contributed by atoms with Crippen molar-refractivity contribution < 1.29 is 47.5 Å². The molecule has 0 radical (unpaired) electrons. The van der Waals surface area contributed by atoms with E-state index in [1.54, 1.807) is 10.9 Å². The second-order valence-corrected chi connectivity index (χ2v) is 15.6. The molecule has 1 atom stereocenters. The number of carbonyl (C=O) groups is 3. The fourth-order valence-corrected chi connectivity index (χ4v) is 6.08. The topological polar surface area (TPSA) is 165 Å². The number of urea groups is 1. The molecule has 0 bridgehead atoms. The molecule has 3 rings (SSSR count). The number of hydrogen-bond acceptors (Lipinski definition) is 12. The zero-order valence-corrected chi connectivity index (χ0v) is 33.1. The van der Waals surface area contributed by atoms with Crippen LogP contribution in [0.5, 0.6) is 0 Å². The minimum Gasteiger partial charge on any atom is -0.377 e. The molecular formula is C37H66N6O10. The summed E-state index contributed by atoms with van der Waals surface area (Å²) >= 11 is 0. The normalized spacial score (nSPS) is 17.4. The highest BCUT2D eigenvalue weighted by molar-refractivity contribution is 6.03. The second-order valence-electron chi connectivity index (χ2n) is 15.6. The average Bonchev–Trinajstić information content (AvgIpc) is 3.69. The number of nitrogens with zero attached hydrogens (tertiary/aromatic N) is 5. The fourth-order valence-electron chi connectivity index (χ4n) is 6.08. The number of rotatable bonds is 26. The van der Waals surface area contributed by atoms with Crippen LogP contribution in [-0.4, -0.2) is 155 Å². The highest BCUT2D eigenvalue weighted by Gasteiger charge is 2.44. The summed E-state index contributed by atoms with van der Waals surface area (Å²) in [7, 11) is 0. The monoisotopic (exact) mass is 754 g/mol. The van der Waals surface area contributed by atoms with Gasteiger partial charge in [0.1, 0.15) is 5.69 Å². The van der Waals surface area contributed by atoms with Gasteiger partial charge in [-0.2, -0.15) is 0 Å². The molecule has 53 heavy (non-hydrogen) atoms. The van der Waals surface area contributed by atoms with Gasteiger partial charge >= 0.3 is 6.03 Å². The molecule has 4 amide bonds. The quantitative estimate of drug-likeness (QED) is 0.109. The van der Waals surface area contributed by atoms with E-state index < -0.39 is 0 Å². The Labute approximate surface area is 315 Å². The molecule has 2 aliphatic heterocycles. The maximum Gasteiger partial charge on any atom is 0.317 e. The summed E-state index contributed by atoms with van der Waals surface area (Å²) < 4.78 is 40.4. The largest absolute Gasteiger partial charge is 0.377 e. The standard InChI is InChI=1S/C37H66N6O10/c1-36(2,3)30-7-10-41(11-8-30)35(46)38-9-13-47-15-17-49-19-21-51-23-25-53-26-24-52-22-20-50-18-16-48-14-12-42-28-31(39-40-42)29-43-33(44)27-32(34(43)45)37(4,5)6/h28,30,32H,7-27,29H2,1-6H3,(H,38,46). The maximum absolute atomic E-state index is 12.7. The summed E-state index contributed by atoms with van der Waals surface area (Å²) in [5.41, 5.74) is 0.609. The highest BCUT2D eigenvalue weighted by Crippen LogP contribution is 2.36. The van der Waals surface area contributed by atoms with E-state index in [0.717, 1.165) is 25.9 Å². The molecule has 304 valence electrons. The zero-order valence-electron chi connectivity index (χ0n) is 33.1. The first kappa shape index (κ1) is 44.7.